The van der Waals surface area contributed by atoms with Crippen molar-refractivity contribution in [2.45, 2.75) is 26.3 Å². The van der Waals surface area contributed by atoms with E-state index in [1.165, 1.54) is 4.90 Å². The number of amides is 2. The topological polar surface area (TPSA) is 66.9 Å². The number of carbonyl (C=O) groups is 3. The molecule has 8 heteroatoms. The van der Waals surface area contributed by atoms with E-state index in [-0.39, 0.29) is 21.7 Å². The zero-order valence-electron chi connectivity index (χ0n) is 17.7. The lowest BCUT2D eigenvalue weighted by Crippen LogP contribution is -2.38. The molecule has 1 atom stereocenters. The number of thioether (sulfide) groups is 1. The number of benzene rings is 2. The van der Waals surface area contributed by atoms with Gasteiger partial charge in [-0.05, 0) is 25.0 Å². The van der Waals surface area contributed by atoms with Gasteiger partial charge in [-0.3, -0.25) is 14.5 Å². The van der Waals surface area contributed by atoms with Gasteiger partial charge in [0.05, 0.1) is 22.8 Å². The molecule has 0 N–H and O–H groups in total. The number of hydrogen-bond donors (Lipinski definition) is 0. The summed E-state index contributed by atoms with van der Waals surface area (Å²) in [6.45, 7) is 4.44. The molecular weight excluding hydrogens is 444 g/mol. The smallest absolute Gasteiger partial charge is 0.333 e. The Labute approximate surface area is 196 Å². The summed E-state index contributed by atoms with van der Waals surface area (Å²) in [5, 5.41) is 0. The minimum Gasteiger partial charge on any atom is -0.464 e. The highest BCUT2D eigenvalue weighted by Crippen LogP contribution is 2.46. The van der Waals surface area contributed by atoms with Crippen LogP contribution in [0.15, 0.2) is 59.5 Å². The SMILES string of the molecule is CCCN1C(=O)/C(=C2\SC(=S)N(C(C(=O)OCC)c3ccccc3)C2=O)c2ccccc21. The molecule has 2 aromatic carbocycles. The van der Waals surface area contributed by atoms with E-state index in [9.17, 15) is 14.4 Å². The molecule has 2 aliphatic rings. The Morgan fingerprint density at radius 3 is 2.41 bits per heavy atom. The molecule has 1 fully saturated rings. The first-order valence-corrected chi connectivity index (χ1v) is 11.6. The van der Waals surface area contributed by atoms with E-state index < -0.39 is 17.9 Å². The van der Waals surface area contributed by atoms with Crippen LogP contribution in [-0.4, -0.2) is 40.2 Å². The van der Waals surface area contributed by atoms with Crippen molar-refractivity contribution in [2.75, 3.05) is 18.1 Å². The second-order valence-corrected chi connectivity index (χ2v) is 8.93. The molecule has 0 radical (unpaired) electrons. The number of carbonyl (C=O) groups excluding carboxylic acids is 3. The molecule has 2 aromatic rings. The van der Waals surface area contributed by atoms with E-state index in [4.69, 9.17) is 17.0 Å². The first-order chi connectivity index (χ1) is 15.5. The van der Waals surface area contributed by atoms with Gasteiger partial charge < -0.3 is 9.64 Å². The minimum atomic E-state index is -1.01. The number of rotatable bonds is 6. The van der Waals surface area contributed by atoms with Crippen molar-refractivity contribution >= 4 is 57.3 Å². The van der Waals surface area contributed by atoms with Crippen LogP contribution in [0, 0.1) is 0 Å². The average Bonchev–Trinajstić information content (AvgIpc) is 3.23. The largest absolute Gasteiger partial charge is 0.464 e. The van der Waals surface area contributed by atoms with Gasteiger partial charge in [0, 0.05) is 12.1 Å². The normalized spacial score (nSPS) is 18.9. The van der Waals surface area contributed by atoms with Crippen LogP contribution < -0.4 is 4.90 Å². The van der Waals surface area contributed by atoms with Crippen LogP contribution in [-0.2, 0) is 19.1 Å². The van der Waals surface area contributed by atoms with Gasteiger partial charge in [0.15, 0.2) is 6.04 Å². The van der Waals surface area contributed by atoms with Crippen LogP contribution in [0.25, 0.3) is 5.57 Å². The Balaban J connectivity index is 1.81. The van der Waals surface area contributed by atoms with Gasteiger partial charge in [0.1, 0.15) is 4.32 Å². The standard InChI is InChI=1S/C24H22N2O4S2/c1-3-14-25-17-13-9-8-12-16(17)18(21(25)27)20-22(28)26(24(31)32-20)19(23(29)30-4-2)15-10-6-5-7-11-15/h5-13,19H,3-4,14H2,1-2H3/b20-18-. The van der Waals surface area contributed by atoms with E-state index in [1.54, 1.807) is 36.1 Å². The highest BCUT2D eigenvalue weighted by molar-refractivity contribution is 8.26. The molecule has 0 spiro atoms. The summed E-state index contributed by atoms with van der Waals surface area (Å²) in [5.41, 5.74) is 2.42. The van der Waals surface area contributed by atoms with Crippen molar-refractivity contribution in [3.05, 3.63) is 70.6 Å². The van der Waals surface area contributed by atoms with E-state index in [0.29, 0.717) is 23.2 Å². The van der Waals surface area contributed by atoms with E-state index >= 15 is 0 Å². The number of hydrogen-bond acceptors (Lipinski definition) is 6. The van der Waals surface area contributed by atoms with Gasteiger partial charge in [0.25, 0.3) is 11.8 Å². The van der Waals surface area contributed by atoms with Crippen LogP contribution in [0.4, 0.5) is 5.69 Å². The molecular formula is C24H22N2O4S2. The molecule has 1 saturated heterocycles. The Morgan fingerprint density at radius 2 is 1.72 bits per heavy atom. The predicted molar refractivity (Wildman–Crippen MR) is 129 cm³/mol. The van der Waals surface area contributed by atoms with Gasteiger partial charge >= 0.3 is 5.97 Å². The van der Waals surface area contributed by atoms with E-state index in [1.807, 2.05) is 37.3 Å². The maximum absolute atomic E-state index is 13.6. The highest BCUT2D eigenvalue weighted by Gasteiger charge is 2.46. The van der Waals surface area contributed by atoms with Crippen LogP contribution in [0.5, 0.6) is 0 Å². The zero-order valence-corrected chi connectivity index (χ0v) is 19.4. The molecule has 0 aliphatic carbocycles. The predicted octanol–water partition coefficient (Wildman–Crippen LogP) is 4.32. The molecule has 0 saturated carbocycles. The second-order valence-electron chi connectivity index (χ2n) is 7.29. The molecule has 2 heterocycles. The quantitative estimate of drug-likeness (QED) is 0.359. The summed E-state index contributed by atoms with van der Waals surface area (Å²) in [6, 6.07) is 15.3. The summed E-state index contributed by atoms with van der Waals surface area (Å²) in [4.78, 5) is 43.0. The minimum absolute atomic E-state index is 0.176. The van der Waals surface area contributed by atoms with Crippen molar-refractivity contribution in [1.82, 2.24) is 4.90 Å². The monoisotopic (exact) mass is 466 g/mol. The summed E-state index contributed by atoms with van der Waals surface area (Å²) in [5.74, 6) is -1.24. The number of fused-ring (bicyclic) bond motifs is 1. The molecule has 2 aliphatic heterocycles. The van der Waals surface area contributed by atoms with Crippen molar-refractivity contribution in [3.63, 3.8) is 0 Å². The van der Waals surface area contributed by atoms with Crippen LogP contribution in [0.1, 0.15) is 37.4 Å². The first kappa shape index (κ1) is 22.2. The van der Waals surface area contributed by atoms with Gasteiger partial charge in [-0.25, -0.2) is 4.79 Å². The Morgan fingerprint density at radius 1 is 1.03 bits per heavy atom. The third-order valence-corrected chi connectivity index (χ3v) is 6.68. The molecule has 0 bridgehead atoms. The highest BCUT2D eigenvalue weighted by atomic mass is 32.2. The third-order valence-electron chi connectivity index (χ3n) is 5.28. The van der Waals surface area contributed by atoms with Crippen molar-refractivity contribution in [1.29, 1.82) is 0 Å². The lowest BCUT2D eigenvalue weighted by Gasteiger charge is -2.25. The van der Waals surface area contributed by atoms with Gasteiger partial charge in [-0.2, -0.15) is 0 Å². The number of anilines is 1. The molecule has 4 rings (SSSR count). The average molecular weight is 467 g/mol. The Bertz CT molecular complexity index is 1130. The molecule has 0 aromatic heterocycles. The fourth-order valence-electron chi connectivity index (χ4n) is 3.95. The summed E-state index contributed by atoms with van der Waals surface area (Å²) >= 11 is 6.59. The zero-order chi connectivity index (χ0) is 22.8. The summed E-state index contributed by atoms with van der Waals surface area (Å²) in [6.07, 6.45) is 0.785. The van der Waals surface area contributed by atoms with E-state index in [0.717, 1.165) is 23.9 Å². The Kier molecular flexibility index (Phi) is 6.43. The van der Waals surface area contributed by atoms with Crippen LogP contribution >= 0.6 is 24.0 Å². The van der Waals surface area contributed by atoms with Gasteiger partial charge in [0.2, 0.25) is 0 Å². The van der Waals surface area contributed by atoms with Crippen LogP contribution in [0.3, 0.4) is 0 Å². The second kappa shape index (κ2) is 9.26. The maximum atomic E-state index is 13.6. The lowest BCUT2D eigenvalue weighted by molar-refractivity contribution is -0.151. The first-order valence-electron chi connectivity index (χ1n) is 10.4. The maximum Gasteiger partial charge on any atom is 0.333 e. The fourth-order valence-corrected chi connectivity index (χ4v) is 5.33. The van der Waals surface area contributed by atoms with Crippen molar-refractivity contribution < 1.29 is 19.1 Å². The van der Waals surface area contributed by atoms with Gasteiger partial charge in [-0.1, -0.05) is 79.4 Å². The number of nitrogens with zero attached hydrogens (tertiary/aromatic N) is 2. The molecule has 1 unspecified atom stereocenters. The summed E-state index contributed by atoms with van der Waals surface area (Å²) < 4.78 is 5.48. The van der Waals surface area contributed by atoms with Crippen molar-refractivity contribution in [2.24, 2.45) is 0 Å². The van der Waals surface area contributed by atoms with E-state index in [2.05, 4.69) is 0 Å². The number of thiocarbonyl (C=S) groups is 1. The van der Waals surface area contributed by atoms with Crippen molar-refractivity contribution in [3.8, 4) is 0 Å². The fraction of sp³-hybridized carbons (Fsp3) is 0.250. The van der Waals surface area contributed by atoms with Gasteiger partial charge in [-0.15, -0.1) is 0 Å². The van der Waals surface area contributed by atoms with Crippen LogP contribution in [0.2, 0.25) is 0 Å². The third kappa shape index (κ3) is 3.73. The number of ether oxygens (including phenoxy) is 1. The molecule has 32 heavy (non-hydrogen) atoms. The molecule has 164 valence electrons. The lowest BCUT2D eigenvalue weighted by atomic mass is 10.0. The molecule has 2 amide bonds. The number of para-hydroxylation sites is 1. The molecule has 6 nitrogen and oxygen atoms in total. The number of esters is 1. The summed E-state index contributed by atoms with van der Waals surface area (Å²) in [7, 11) is 0. The Hall–Kier alpha value is -2.97.